The van der Waals surface area contributed by atoms with Gasteiger partial charge in [-0.3, -0.25) is 0 Å². The number of hydrogen-bond acceptors (Lipinski definition) is 4. The Morgan fingerprint density at radius 2 is 2.10 bits per heavy atom. The fraction of sp³-hybridized carbons (Fsp3) is 0.250. The molecule has 1 heterocycles. The molecule has 0 aliphatic heterocycles. The highest BCUT2D eigenvalue weighted by Gasteiger charge is 2.04. The lowest BCUT2D eigenvalue weighted by Gasteiger charge is -2.12. The third-order valence-electron chi connectivity index (χ3n) is 2.94. The SMILES string of the molecule is COCCc1ccccc1Nc1cc(C#N)cc(C)n1. The van der Waals surface area contributed by atoms with Crippen molar-refractivity contribution in [3.63, 3.8) is 0 Å². The number of nitrogens with zero attached hydrogens (tertiary/aromatic N) is 2. The molecule has 4 nitrogen and oxygen atoms in total. The Balaban J connectivity index is 2.26. The van der Waals surface area contributed by atoms with E-state index >= 15 is 0 Å². The van der Waals surface area contributed by atoms with Crippen molar-refractivity contribution in [2.24, 2.45) is 0 Å². The molecule has 1 N–H and O–H groups in total. The minimum atomic E-state index is 0.606. The van der Waals surface area contributed by atoms with Gasteiger partial charge in [-0.05, 0) is 37.1 Å². The molecule has 0 saturated heterocycles. The number of rotatable bonds is 5. The normalized spacial score (nSPS) is 10.1. The molecule has 0 atom stereocenters. The first-order valence-electron chi connectivity index (χ1n) is 6.45. The smallest absolute Gasteiger partial charge is 0.131 e. The molecule has 102 valence electrons. The minimum absolute atomic E-state index is 0.606. The molecule has 1 aromatic carbocycles. The van der Waals surface area contributed by atoms with Crippen LogP contribution in [0.1, 0.15) is 16.8 Å². The third kappa shape index (κ3) is 3.56. The molecule has 0 amide bonds. The highest BCUT2D eigenvalue weighted by molar-refractivity contribution is 5.61. The number of anilines is 2. The van der Waals surface area contributed by atoms with Crippen molar-refractivity contribution in [1.29, 1.82) is 5.26 Å². The summed E-state index contributed by atoms with van der Waals surface area (Å²) in [5.41, 5.74) is 3.58. The number of pyridine rings is 1. The Labute approximate surface area is 119 Å². The summed E-state index contributed by atoms with van der Waals surface area (Å²) >= 11 is 0. The highest BCUT2D eigenvalue weighted by Crippen LogP contribution is 2.21. The lowest BCUT2D eigenvalue weighted by atomic mass is 10.1. The first kappa shape index (κ1) is 14.0. The number of ether oxygens (including phenoxy) is 1. The Morgan fingerprint density at radius 1 is 1.30 bits per heavy atom. The summed E-state index contributed by atoms with van der Waals surface area (Å²) in [4.78, 5) is 4.40. The van der Waals surface area contributed by atoms with Crippen molar-refractivity contribution >= 4 is 11.5 Å². The van der Waals surface area contributed by atoms with E-state index in [4.69, 9.17) is 10.00 Å². The van der Waals surface area contributed by atoms with Gasteiger partial charge in [0, 0.05) is 18.5 Å². The van der Waals surface area contributed by atoms with E-state index in [1.165, 1.54) is 0 Å². The van der Waals surface area contributed by atoms with E-state index in [1.54, 1.807) is 19.2 Å². The fourth-order valence-electron chi connectivity index (χ4n) is 2.01. The van der Waals surface area contributed by atoms with E-state index < -0.39 is 0 Å². The van der Waals surface area contributed by atoms with Crippen LogP contribution in [0, 0.1) is 18.3 Å². The lowest BCUT2D eigenvalue weighted by molar-refractivity contribution is 0.202. The van der Waals surface area contributed by atoms with Gasteiger partial charge in [-0.2, -0.15) is 5.26 Å². The topological polar surface area (TPSA) is 57.9 Å². The maximum Gasteiger partial charge on any atom is 0.131 e. The molecule has 0 fully saturated rings. The average Bonchev–Trinajstić information content (AvgIpc) is 2.45. The molecule has 20 heavy (non-hydrogen) atoms. The second kappa shape index (κ2) is 6.69. The second-order valence-corrected chi connectivity index (χ2v) is 4.52. The van der Waals surface area contributed by atoms with Gasteiger partial charge >= 0.3 is 0 Å². The number of aryl methyl sites for hydroxylation is 1. The van der Waals surface area contributed by atoms with Crippen LogP contribution in [0.3, 0.4) is 0 Å². The molecule has 0 bridgehead atoms. The van der Waals surface area contributed by atoms with Gasteiger partial charge in [-0.1, -0.05) is 18.2 Å². The molecule has 0 spiro atoms. The van der Waals surface area contributed by atoms with Crippen LogP contribution in [0.4, 0.5) is 11.5 Å². The van der Waals surface area contributed by atoms with Crippen LogP contribution in [0.25, 0.3) is 0 Å². The summed E-state index contributed by atoms with van der Waals surface area (Å²) in [6.45, 7) is 2.55. The van der Waals surface area contributed by atoms with E-state index in [2.05, 4.69) is 22.4 Å². The summed E-state index contributed by atoms with van der Waals surface area (Å²) in [5.74, 6) is 0.686. The third-order valence-corrected chi connectivity index (χ3v) is 2.94. The molecular weight excluding hydrogens is 250 g/mol. The zero-order valence-electron chi connectivity index (χ0n) is 11.7. The van der Waals surface area contributed by atoms with Crippen LogP contribution in [0.15, 0.2) is 36.4 Å². The van der Waals surface area contributed by atoms with E-state index in [9.17, 15) is 0 Å². The lowest BCUT2D eigenvalue weighted by Crippen LogP contribution is -2.02. The summed E-state index contributed by atoms with van der Waals surface area (Å²) in [7, 11) is 1.69. The van der Waals surface area contributed by atoms with E-state index in [1.807, 2.05) is 25.1 Å². The molecule has 0 aliphatic carbocycles. The average molecular weight is 267 g/mol. The van der Waals surface area contributed by atoms with Gasteiger partial charge in [0.05, 0.1) is 18.2 Å². The maximum atomic E-state index is 9.00. The minimum Gasteiger partial charge on any atom is -0.384 e. The number of methoxy groups -OCH3 is 1. The van der Waals surface area contributed by atoms with Crippen molar-refractivity contribution in [3.8, 4) is 6.07 Å². The van der Waals surface area contributed by atoms with Crippen molar-refractivity contribution in [2.45, 2.75) is 13.3 Å². The summed E-state index contributed by atoms with van der Waals surface area (Å²) < 4.78 is 5.12. The van der Waals surface area contributed by atoms with Crippen molar-refractivity contribution < 1.29 is 4.74 Å². The molecule has 0 aliphatic rings. The van der Waals surface area contributed by atoms with Crippen LogP contribution in [0.2, 0.25) is 0 Å². The molecular formula is C16H17N3O. The van der Waals surface area contributed by atoms with Crippen LogP contribution in [-0.2, 0) is 11.2 Å². The number of hydrogen-bond donors (Lipinski definition) is 1. The summed E-state index contributed by atoms with van der Waals surface area (Å²) in [6.07, 6.45) is 0.830. The van der Waals surface area contributed by atoms with Gasteiger partial charge in [0.1, 0.15) is 5.82 Å². The predicted octanol–water partition coefficient (Wildman–Crippen LogP) is 3.19. The standard InChI is InChI=1S/C16H17N3O/c1-12-9-13(11-17)10-16(18-12)19-15-6-4-3-5-14(15)7-8-20-2/h3-6,9-10H,7-8H2,1-2H3,(H,18,19). The summed E-state index contributed by atoms with van der Waals surface area (Å²) in [6, 6.07) is 13.7. The van der Waals surface area contributed by atoms with Crippen LogP contribution >= 0.6 is 0 Å². The number of aromatic nitrogens is 1. The number of nitriles is 1. The van der Waals surface area contributed by atoms with Gasteiger partial charge in [-0.15, -0.1) is 0 Å². The van der Waals surface area contributed by atoms with E-state index in [0.29, 0.717) is 18.0 Å². The zero-order valence-corrected chi connectivity index (χ0v) is 11.7. The first-order valence-corrected chi connectivity index (χ1v) is 6.45. The van der Waals surface area contributed by atoms with Crippen LogP contribution in [0.5, 0.6) is 0 Å². The highest BCUT2D eigenvalue weighted by atomic mass is 16.5. The second-order valence-electron chi connectivity index (χ2n) is 4.52. The van der Waals surface area contributed by atoms with Crippen LogP contribution < -0.4 is 5.32 Å². The molecule has 0 saturated carbocycles. The largest absolute Gasteiger partial charge is 0.384 e. The monoisotopic (exact) mass is 267 g/mol. The Bertz CT molecular complexity index is 632. The van der Waals surface area contributed by atoms with Gasteiger partial charge in [-0.25, -0.2) is 4.98 Å². The van der Waals surface area contributed by atoms with Crippen molar-refractivity contribution in [3.05, 3.63) is 53.2 Å². The molecule has 0 radical (unpaired) electrons. The quantitative estimate of drug-likeness (QED) is 0.903. The first-order chi connectivity index (χ1) is 9.72. The number of para-hydroxylation sites is 1. The van der Waals surface area contributed by atoms with E-state index in [-0.39, 0.29) is 0 Å². The van der Waals surface area contributed by atoms with Crippen molar-refractivity contribution in [2.75, 3.05) is 19.0 Å². The molecule has 2 aromatic rings. The number of benzene rings is 1. The molecule has 0 unspecified atom stereocenters. The molecule has 2 rings (SSSR count). The van der Waals surface area contributed by atoms with E-state index in [0.717, 1.165) is 23.4 Å². The van der Waals surface area contributed by atoms with Gasteiger partial charge in [0.2, 0.25) is 0 Å². The summed E-state index contributed by atoms with van der Waals surface area (Å²) in [5, 5.41) is 12.3. The Kier molecular flexibility index (Phi) is 4.70. The molecule has 4 heteroatoms. The van der Waals surface area contributed by atoms with Gasteiger partial charge in [0.25, 0.3) is 0 Å². The molecule has 1 aromatic heterocycles. The predicted molar refractivity (Wildman–Crippen MR) is 79.0 cm³/mol. The number of nitrogens with one attached hydrogen (secondary N) is 1. The Hall–Kier alpha value is -2.38. The fourth-order valence-corrected chi connectivity index (χ4v) is 2.01. The maximum absolute atomic E-state index is 9.00. The Morgan fingerprint density at radius 3 is 2.85 bits per heavy atom. The van der Waals surface area contributed by atoms with Gasteiger partial charge in [0.15, 0.2) is 0 Å². The van der Waals surface area contributed by atoms with Gasteiger partial charge < -0.3 is 10.1 Å². The van der Waals surface area contributed by atoms with Crippen LogP contribution in [-0.4, -0.2) is 18.7 Å². The van der Waals surface area contributed by atoms with Crippen molar-refractivity contribution in [1.82, 2.24) is 4.98 Å². The zero-order chi connectivity index (χ0) is 14.4.